The van der Waals surface area contributed by atoms with Crippen LogP contribution in [0.2, 0.25) is 5.02 Å². The minimum Gasteiger partial charge on any atom is -0.427 e. The zero-order valence-electron chi connectivity index (χ0n) is 14.6. The minimum absolute atomic E-state index is 0.475. The molecule has 0 bridgehead atoms. The fourth-order valence-electron chi connectivity index (χ4n) is 2.32. The van der Waals surface area contributed by atoms with E-state index in [2.05, 4.69) is 32.8 Å². The number of hydrogen-bond acceptors (Lipinski definition) is 3. The van der Waals surface area contributed by atoms with Crippen LogP contribution in [0.4, 0.5) is 10.5 Å². The van der Waals surface area contributed by atoms with Crippen LogP contribution in [0.5, 0.6) is 0 Å². The van der Waals surface area contributed by atoms with Gasteiger partial charge in [0.2, 0.25) is 0 Å². The Labute approximate surface area is 167 Å². The number of para-hydroxylation sites is 1. The van der Waals surface area contributed by atoms with Crippen molar-refractivity contribution in [3.8, 4) is 0 Å². The Morgan fingerprint density at radius 3 is 2.44 bits per heavy atom. The van der Waals surface area contributed by atoms with Crippen molar-refractivity contribution in [1.82, 2.24) is 4.90 Å². The summed E-state index contributed by atoms with van der Waals surface area (Å²) in [4.78, 5) is 14.5. The fraction of sp³-hybridized carbons (Fsp3) is 0.316. The van der Waals surface area contributed by atoms with Crippen LogP contribution in [-0.2, 0) is 8.34 Å². The van der Waals surface area contributed by atoms with Gasteiger partial charge in [0, 0.05) is 29.2 Å². The van der Waals surface area contributed by atoms with Gasteiger partial charge in [0.25, 0.3) is 0 Å². The minimum atomic E-state index is -0.778. The standard InChI is InChI=1S/C19H22ClIN2O2/c1-14-6-4-5-7-17(14)22-18(24)25-19(21,12-13-23(2)3)15-8-10-16(20)11-9-15/h4-11H,12-13H2,1-3H3,(H,22,24). The van der Waals surface area contributed by atoms with Gasteiger partial charge < -0.3 is 9.64 Å². The van der Waals surface area contributed by atoms with Crippen LogP contribution < -0.4 is 5.32 Å². The summed E-state index contributed by atoms with van der Waals surface area (Å²) in [6.07, 6.45) is 0.182. The zero-order valence-corrected chi connectivity index (χ0v) is 17.5. The van der Waals surface area contributed by atoms with Crippen LogP contribution in [0.25, 0.3) is 0 Å². The van der Waals surface area contributed by atoms with E-state index in [1.807, 2.05) is 69.6 Å². The van der Waals surface area contributed by atoms with E-state index in [9.17, 15) is 4.79 Å². The SMILES string of the molecule is Cc1ccccc1NC(=O)OC(I)(CCN(C)C)c1ccc(Cl)cc1. The molecule has 2 rings (SSSR count). The Bertz CT molecular complexity index is 722. The molecule has 0 heterocycles. The molecule has 134 valence electrons. The Kier molecular flexibility index (Phi) is 7.10. The summed E-state index contributed by atoms with van der Waals surface area (Å²) in [6.45, 7) is 2.72. The third-order valence-corrected chi connectivity index (χ3v) is 5.43. The normalized spacial score (nSPS) is 13.4. The molecule has 2 aromatic rings. The molecule has 1 atom stereocenters. The molecule has 2 aromatic carbocycles. The molecule has 0 aliphatic heterocycles. The number of rotatable bonds is 6. The zero-order chi connectivity index (χ0) is 18.4. The Morgan fingerprint density at radius 2 is 1.84 bits per heavy atom. The van der Waals surface area contributed by atoms with E-state index in [1.165, 1.54) is 0 Å². The molecule has 1 amide bonds. The van der Waals surface area contributed by atoms with Gasteiger partial charge in [0.15, 0.2) is 3.61 Å². The third-order valence-electron chi connectivity index (χ3n) is 3.79. The number of alkyl halides is 1. The fourth-order valence-corrected chi connectivity index (χ4v) is 3.24. The molecule has 0 radical (unpaired) electrons. The van der Waals surface area contributed by atoms with Crippen LogP contribution in [0.15, 0.2) is 48.5 Å². The van der Waals surface area contributed by atoms with Crippen molar-refractivity contribution in [3.05, 3.63) is 64.7 Å². The number of anilines is 1. The lowest BCUT2D eigenvalue weighted by Crippen LogP contribution is -2.32. The van der Waals surface area contributed by atoms with Crippen LogP contribution >= 0.6 is 34.2 Å². The summed E-state index contributed by atoms with van der Waals surface area (Å²) in [6, 6.07) is 15.0. The van der Waals surface area contributed by atoms with Gasteiger partial charge in [-0.05, 0) is 67.4 Å². The van der Waals surface area contributed by atoms with Gasteiger partial charge in [-0.2, -0.15) is 0 Å². The molecule has 0 fully saturated rings. The first-order valence-electron chi connectivity index (χ1n) is 7.95. The number of amides is 1. The number of hydrogen-bond donors (Lipinski definition) is 1. The number of carbonyl (C=O) groups excluding carboxylic acids is 1. The average molecular weight is 473 g/mol. The average Bonchev–Trinajstić information content (AvgIpc) is 2.55. The van der Waals surface area contributed by atoms with Crippen LogP contribution in [0.1, 0.15) is 17.5 Å². The van der Waals surface area contributed by atoms with Gasteiger partial charge in [-0.25, -0.2) is 4.79 Å². The van der Waals surface area contributed by atoms with Crippen molar-refractivity contribution in [2.75, 3.05) is 26.0 Å². The van der Waals surface area contributed by atoms with E-state index in [-0.39, 0.29) is 0 Å². The van der Waals surface area contributed by atoms with Crippen molar-refractivity contribution in [2.45, 2.75) is 17.0 Å². The largest absolute Gasteiger partial charge is 0.427 e. The summed E-state index contributed by atoms with van der Waals surface area (Å²) < 4.78 is 5.06. The number of ether oxygens (including phenoxy) is 1. The van der Waals surface area contributed by atoms with Crippen molar-refractivity contribution in [2.24, 2.45) is 0 Å². The highest BCUT2D eigenvalue weighted by Crippen LogP contribution is 2.38. The van der Waals surface area contributed by atoms with Gasteiger partial charge in [-0.1, -0.05) is 41.9 Å². The Balaban J connectivity index is 2.18. The number of benzene rings is 2. The van der Waals surface area contributed by atoms with E-state index in [1.54, 1.807) is 0 Å². The van der Waals surface area contributed by atoms with E-state index < -0.39 is 9.70 Å². The lowest BCUT2D eigenvalue weighted by atomic mass is 10.1. The molecule has 25 heavy (non-hydrogen) atoms. The molecule has 0 saturated heterocycles. The van der Waals surface area contributed by atoms with Crippen molar-refractivity contribution < 1.29 is 9.53 Å². The first-order chi connectivity index (χ1) is 11.8. The van der Waals surface area contributed by atoms with Crippen LogP contribution in [0.3, 0.4) is 0 Å². The van der Waals surface area contributed by atoms with Gasteiger partial charge >= 0.3 is 6.09 Å². The van der Waals surface area contributed by atoms with Crippen molar-refractivity contribution in [1.29, 1.82) is 0 Å². The van der Waals surface area contributed by atoms with Gasteiger partial charge in [0.05, 0.1) is 0 Å². The lowest BCUT2D eigenvalue weighted by Gasteiger charge is -2.29. The molecular weight excluding hydrogens is 451 g/mol. The molecule has 0 saturated carbocycles. The van der Waals surface area contributed by atoms with Crippen molar-refractivity contribution >= 4 is 46.0 Å². The van der Waals surface area contributed by atoms with Crippen molar-refractivity contribution in [3.63, 3.8) is 0 Å². The Morgan fingerprint density at radius 1 is 1.20 bits per heavy atom. The topological polar surface area (TPSA) is 41.6 Å². The second kappa shape index (κ2) is 8.87. The maximum absolute atomic E-state index is 12.5. The molecule has 0 aliphatic rings. The maximum Gasteiger partial charge on any atom is 0.413 e. The van der Waals surface area contributed by atoms with E-state index in [0.29, 0.717) is 11.4 Å². The van der Waals surface area contributed by atoms with E-state index >= 15 is 0 Å². The smallest absolute Gasteiger partial charge is 0.413 e. The number of carbonyl (C=O) groups is 1. The highest BCUT2D eigenvalue weighted by atomic mass is 127. The molecule has 6 heteroatoms. The number of aryl methyl sites for hydroxylation is 1. The van der Waals surface area contributed by atoms with Gasteiger partial charge in [-0.15, -0.1) is 0 Å². The second-order valence-corrected chi connectivity index (χ2v) is 8.30. The van der Waals surface area contributed by atoms with E-state index in [4.69, 9.17) is 16.3 Å². The van der Waals surface area contributed by atoms with E-state index in [0.717, 1.165) is 23.4 Å². The molecule has 4 nitrogen and oxygen atoms in total. The first kappa shape index (κ1) is 20.0. The predicted molar refractivity (Wildman–Crippen MR) is 112 cm³/mol. The third kappa shape index (κ3) is 5.87. The van der Waals surface area contributed by atoms with Gasteiger partial charge in [-0.3, -0.25) is 5.32 Å². The summed E-state index contributed by atoms with van der Waals surface area (Å²) in [5.41, 5.74) is 2.63. The van der Waals surface area contributed by atoms with Crippen LogP contribution in [-0.4, -0.2) is 31.6 Å². The molecule has 1 unspecified atom stereocenters. The summed E-state index contributed by atoms with van der Waals surface area (Å²) in [7, 11) is 3.98. The van der Waals surface area contributed by atoms with Crippen LogP contribution in [0, 0.1) is 6.92 Å². The Hall–Kier alpha value is -1.31. The molecular formula is C19H22ClIN2O2. The monoisotopic (exact) mass is 472 g/mol. The quantitative estimate of drug-likeness (QED) is 0.450. The second-order valence-electron chi connectivity index (χ2n) is 6.12. The van der Waals surface area contributed by atoms with Gasteiger partial charge in [0.1, 0.15) is 0 Å². The maximum atomic E-state index is 12.5. The predicted octanol–water partition coefficient (Wildman–Crippen LogP) is 5.44. The number of halogens is 2. The first-order valence-corrected chi connectivity index (χ1v) is 9.41. The molecule has 0 spiro atoms. The number of nitrogens with zero attached hydrogens (tertiary/aromatic N) is 1. The summed E-state index contributed by atoms with van der Waals surface area (Å²) in [5, 5.41) is 3.48. The molecule has 0 aliphatic carbocycles. The number of nitrogens with one attached hydrogen (secondary N) is 1. The highest BCUT2D eigenvalue weighted by Gasteiger charge is 2.33. The lowest BCUT2D eigenvalue weighted by molar-refractivity contribution is 0.0875. The summed E-state index contributed by atoms with van der Waals surface area (Å²) >= 11 is 8.19. The molecule has 1 N–H and O–H groups in total. The molecule has 0 aromatic heterocycles. The summed E-state index contributed by atoms with van der Waals surface area (Å²) in [5.74, 6) is 0. The highest BCUT2D eigenvalue weighted by molar-refractivity contribution is 14.1.